The number of amides is 3. The molecule has 5 nitrogen and oxygen atoms in total. The van der Waals surface area contributed by atoms with Crippen molar-refractivity contribution in [3.8, 4) is 0 Å². The van der Waals surface area contributed by atoms with Gasteiger partial charge in [0.15, 0.2) is 0 Å². The third-order valence-electron chi connectivity index (χ3n) is 4.87. The number of para-hydroxylation sites is 1. The Hall–Kier alpha value is -3.15. The lowest BCUT2D eigenvalue weighted by molar-refractivity contribution is -0.115. The van der Waals surface area contributed by atoms with Crippen LogP contribution < -0.4 is 16.0 Å². The average molecular weight is 391 g/mol. The second-order valence-electron chi connectivity index (χ2n) is 6.44. The van der Waals surface area contributed by atoms with E-state index in [1.807, 2.05) is 60.7 Å². The van der Waals surface area contributed by atoms with Gasteiger partial charge >= 0.3 is 6.03 Å². The van der Waals surface area contributed by atoms with Crippen molar-refractivity contribution in [3.05, 3.63) is 107 Å². The van der Waals surface area contributed by atoms with Gasteiger partial charge in [-0.1, -0.05) is 72.3 Å². The predicted molar refractivity (Wildman–Crippen MR) is 109 cm³/mol. The van der Waals surface area contributed by atoms with E-state index in [2.05, 4.69) is 5.32 Å². The van der Waals surface area contributed by atoms with E-state index in [0.717, 1.165) is 16.0 Å². The van der Waals surface area contributed by atoms with E-state index >= 15 is 0 Å². The summed E-state index contributed by atoms with van der Waals surface area (Å²) in [6.07, 6.45) is 0. The van der Waals surface area contributed by atoms with Gasteiger partial charge in [-0.05, 0) is 29.3 Å². The number of fused-ring (bicyclic) bond motifs is 1. The summed E-state index contributed by atoms with van der Waals surface area (Å²) in [4.78, 5) is 25.8. The molecule has 139 valence electrons. The number of halogens is 1. The Morgan fingerprint density at radius 3 is 2.32 bits per heavy atom. The lowest BCUT2D eigenvalue weighted by Crippen LogP contribution is -2.44. The normalized spacial score (nSPS) is 19.0. The lowest BCUT2D eigenvalue weighted by atomic mass is 9.76. The number of nitrogens with zero attached hydrogens (tertiary/aromatic N) is 1. The third kappa shape index (κ3) is 2.85. The van der Waals surface area contributed by atoms with Crippen molar-refractivity contribution in [2.24, 2.45) is 5.73 Å². The molecule has 6 heteroatoms. The first-order valence-corrected chi connectivity index (χ1v) is 9.07. The molecule has 0 spiro atoms. The van der Waals surface area contributed by atoms with Crippen LogP contribution in [0.5, 0.6) is 0 Å². The Kier molecular flexibility index (Phi) is 4.63. The van der Waals surface area contributed by atoms with Crippen molar-refractivity contribution in [2.45, 2.75) is 5.54 Å². The standard InChI is InChI=1S/C22H17ClN3O2/c23-17-10-6-9-16(13-17)22(15-7-2-1-3-8-15)18-11-4-5-12-19(18)26(21(24)28)20(27)14-25-22/h1-14,25H,(H2,24,28). The highest BCUT2D eigenvalue weighted by molar-refractivity contribution is 6.30. The Morgan fingerprint density at radius 2 is 1.61 bits per heavy atom. The van der Waals surface area contributed by atoms with Gasteiger partial charge in [0, 0.05) is 10.6 Å². The van der Waals surface area contributed by atoms with E-state index in [9.17, 15) is 9.59 Å². The number of anilines is 1. The predicted octanol–water partition coefficient (Wildman–Crippen LogP) is 3.81. The number of rotatable bonds is 2. The fraction of sp³-hybridized carbons (Fsp3) is 0.0455. The van der Waals surface area contributed by atoms with Crippen molar-refractivity contribution in [2.75, 3.05) is 4.90 Å². The van der Waals surface area contributed by atoms with Gasteiger partial charge in [-0.3, -0.25) is 10.1 Å². The molecule has 28 heavy (non-hydrogen) atoms. The van der Waals surface area contributed by atoms with Crippen LogP contribution in [0.3, 0.4) is 0 Å². The molecule has 0 aliphatic carbocycles. The number of carbonyl (C=O) groups is 2. The van der Waals surface area contributed by atoms with Gasteiger partial charge < -0.3 is 5.73 Å². The van der Waals surface area contributed by atoms with Crippen LogP contribution >= 0.6 is 11.6 Å². The second kappa shape index (κ2) is 7.11. The van der Waals surface area contributed by atoms with E-state index in [1.54, 1.807) is 18.2 Å². The van der Waals surface area contributed by atoms with Crippen LogP contribution in [0, 0.1) is 6.54 Å². The molecule has 3 amide bonds. The highest BCUT2D eigenvalue weighted by atomic mass is 35.5. The number of nitrogens with two attached hydrogens (primary N) is 1. The molecule has 3 aromatic carbocycles. The van der Waals surface area contributed by atoms with E-state index in [4.69, 9.17) is 17.3 Å². The van der Waals surface area contributed by atoms with Gasteiger partial charge in [0.1, 0.15) is 6.54 Å². The Balaban J connectivity index is 2.10. The van der Waals surface area contributed by atoms with Crippen molar-refractivity contribution in [3.63, 3.8) is 0 Å². The van der Waals surface area contributed by atoms with Gasteiger partial charge in [-0.2, -0.15) is 0 Å². The van der Waals surface area contributed by atoms with Crippen molar-refractivity contribution in [1.29, 1.82) is 0 Å². The number of carbonyl (C=O) groups excluding carboxylic acids is 2. The Bertz CT molecular complexity index is 1050. The van der Waals surface area contributed by atoms with Crippen LogP contribution in [0.2, 0.25) is 5.02 Å². The highest BCUT2D eigenvalue weighted by Gasteiger charge is 2.43. The summed E-state index contributed by atoms with van der Waals surface area (Å²) < 4.78 is 0. The zero-order chi connectivity index (χ0) is 19.7. The maximum Gasteiger partial charge on any atom is 0.326 e. The number of hydrogen-bond acceptors (Lipinski definition) is 3. The fourth-order valence-electron chi connectivity index (χ4n) is 3.70. The number of primary amides is 1. The smallest absolute Gasteiger partial charge is 0.326 e. The highest BCUT2D eigenvalue weighted by Crippen LogP contribution is 2.43. The van der Waals surface area contributed by atoms with E-state index in [0.29, 0.717) is 16.3 Å². The van der Waals surface area contributed by atoms with E-state index < -0.39 is 17.5 Å². The quantitative estimate of drug-likeness (QED) is 0.698. The number of imide groups is 1. The molecule has 0 aromatic heterocycles. The number of hydrogen-bond donors (Lipinski definition) is 2. The first-order chi connectivity index (χ1) is 13.5. The first-order valence-electron chi connectivity index (χ1n) is 8.69. The van der Waals surface area contributed by atoms with Gasteiger partial charge in [-0.15, -0.1) is 0 Å². The van der Waals surface area contributed by atoms with Crippen LogP contribution in [0.4, 0.5) is 10.5 Å². The zero-order valence-corrected chi connectivity index (χ0v) is 15.6. The summed E-state index contributed by atoms with van der Waals surface area (Å²) >= 11 is 6.30. The lowest BCUT2D eigenvalue weighted by Gasteiger charge is -2.36. The molecule has 0 bridgehead atoms. The molecule has 0 saturated carbocycles. The molecule has 1 radical (unpaired) electrons. The van der Waals surface area contributed by atoms with E-state index in [1.165, 1.54) is 6.54 Å². The van der Waals surface area contributed by atoms with Crippen molar-refractivity contribution in [1.82, 2.24) is 5.32 Å². The molecule has 3 aromatic rings. The molecular weight excluding hydrogens is 374 g/mol. The Labute approximate surface area is 167 Å². The topological polar surface area (TPSA) is 75.4 Å². The average Bonchev–Trinajstić information content (AvgIpc) is 2.83. The van der Waals surface area contributed by atoms with Crippen LogP contribution in [-0.2, 0) is 10.3 Å². The molecule has 1 heterocycles. The zero-order valence-electron chi connectivity index (χ0n) is 14.8. The molecule has 3 N–H and O–H groups in total. The monoisotopic (exact) mass is 390 g/mol. The van der Waals surface area contributed by atoms with Crippen LogP contribution in [0.15, 0.2) is 78.9 Å². The molecule has 0 saturated heterocycles. The molecular formula is C22H17ClN3O2. The summed E-state index contributed by atoms with van der Waals surface area (Å²) in [6, 6.07) is 23.5. The minimum absolute atomic E-state index is 0.421. The maximum absolute atomic E-state index is 12.7. The van der Waals surface area contributed by atoms with Crippen LogP contribution in [0.25, 0.3) is 0 Å². The van der Waals surface area contributed by atoms with Gasteiger partial charge in [0.2, 0.25) is 0 Å². The maximum atomic E-state index is 12.7. The van der Waals surface area contributed by atoms with E-state index in [-0.39, 0.29) is 0 Å². The molecule has 1 atom stereocenters. The molecule has 4 rings (SSSR count). The number of nitrogens with one attached hydrogen (secondary N) is 1. The minimum atomic E-state index is -0.942. The largest absolute Gasteiger partial charge is 0.351 e. The van der Waals surface area contributed by atoms with Gasteiger partial charge in [-0.25, -0.2) is 9.69 Å². The first kappa shape index (κ1) is 18.2. The summed E-state index contributed by atoms with van der Waals surface area (Å²) in [5.41, 5.74) is 7.44. The Morgan fingerprint density at radius 1 is 0.929 bits per heavy atom. The summed E-state index contributed by atoms with van der Waals surface area (Å²) in [5, 5.41) is 3.83. The van der Waals surface area contributed by atoms with Gasteiger partial charge in [0.05, 0.1) is 11.2 Å². The SMILES string of the molecule is NC(=O)N1C(=O)[CH]NC(c2ccccc2)(c2cccc(Cl)c2)c2ccccc21. The van der Waals surface area contributed by atoms with Crippen molar-refractivity contribution < 1.29 is 9.59 Å². The summed E-state index contributed by atoms with van der Waals surface area (Å²) in [7, 11) is 0. The van der Waals surface area contributed by atoms with Crippen LogP contribution in [-0.4, -0.2) is 11.9 Å². The molecule has 1 aliphatic rings. The molecule has 1 unspecified atom stereocenters. The van der Waals surface area contributed by atoms with Gasteiger partial charge in [0.25, 0.3) is 5.91 Å². The fourth-order valence-corrected chi connectivity index (χ4v) is 3.89. The number of urea groups is 1. The van der Waals surface area contributed by atoms with Crippen LogP contribution in [0.1, 0.15) is 16.7 Å². The summed E-state index contributed by atoms with van der Waals surface area (Å²) in [5.74, 6) is -0.542. The second-order valence-corrected chi connectivity index (χ2v) is 6.88. The van der Waals surface area contributed by atoms with Crippen molar-refractivity contribution >= 4 is 29.2 Å². The summed E-state index contributed by atoms with van der Waals surface area (Å²) in [6.45, 7) is 1.28. The third-order valence-corrected chi connectivity index (χ3v) is 5.10. The number of benzene rings is 3. The molecule has 1 aliphatic heterocycles. The molecule has 0 fully saturated rings. The minimum Gasteiger partial charge on any atom is -0.351 e.